The lowest BCUT2D eigenvalue weighted by Gasteiger charge is -2.11. The summed E-state index contributed by atoms with van der Waals surface area (Å²) < 4.78 is 5.21. The summed E-state index contributed by atoms with van der Waals surface area (Å²) in [4.78, 5) is 20.7. The van der Waals surface area contributed by atoms with Crippen LogP contribution in [0.4, 0.5) is 11.6 Å². The highest BCUT2D eigenvalue weighted by Gasteiger charge is 2.12. The van der Waals surface area contributed by atoms with E-state index in [9.17, 15) is 4.79 Å². The maximum atomic E-state index is 12.4. The van der Waals surface area contributed by atoms with Gasteiger partial charge in [-0.1, -0.05) is 25.4 Å². The molecule has 1 heterocycles. The Labute approximate surface area is 140 Å². The molecule has 0 aliphatic carbocycles. The van der Waals surface area contributed by atoms with Gasteiger partial charge in [0.1, 0.15) is 11.4 Å². The molecule has 2 N–H and O–H groups in total. The van der Waals surface area contributed by atoms with E-state index in [0.717, 1.165) is 6.54 Å². The second-order valence-electron chi connectivity index (χ2n) is 5.34. The minimum absolute atomic E-state index is 0.258. The molecule has 0 aliphatic rings. The third-order valence-corrected chi connectivity index (χ3v) is 3.20. The molecule has 0 bridgehead atoms. The van der Waals surface area contributed by atoms with Crippen LogP contribution in [0.2, 0.25) is 5.02 Å². The van der Waals surface area contributed by atoms with E-state index in [1.165, 1.54) is 7.11 Å². The summed E-state index contributed by atoms with van der Waals surface area (Å²) in [6, 6.07) is 6.55. The topological polar surface area (TPSA) is 76.1 Å². The van der Waals surface area contributed by atoms with Crippen molar-refractivity contribution in [2.45, 2.75) is 13.8 Å². The first-order valence-electron chi connectivity index (χ1n) is 7.21. The Balaban J connectivity index is 2.15. The van der Waals surface area contributed by atoms with Gasteiger partial charge in [-0.25, -0.2) is 9.97 Å². The molecular formula is C16H19ClN4O2. The normalized spacial score (nSPS) is 10.5. The minimum Gasteiger partial charge on any atom is -0.495 e. The molecule has 0 atom stereocenters. The zero-order chi connectivity index (χ0) is 16.8. The van der Waals surface area contributed by atoms with Crippen LogP contribution >= 0.6 is 11.6 Å². The van der Waals surface area contributed by atoms with Crippen LogP contribution in [0.25, 0.3) is 0 Å². The molecule has 23 heavy (non-hydrogen) atoms. The molecule has 7 heteroatoms. The summed E-state index contributed by atoms with van der Waals surface area (Å²) >= 11 is 5.96. The van der Waals surface area contributed by atoms with Crippen molar-refractivity contribution in [3.8, 4) is 5.75 Å². The number of carbonyl (C=O) groups excluding carboxylic acids is 1. The third kappa shape index (κ3) is 4.82. The Morgan fingerprint density at radius 1 is 1.35 bits per heavy atom. The van der Waals surface area contributed by atoms with Crippen molar-refractivity contribution in [2.75, 3.05) is 24.3 Å². The predicted molar refractivity (Wildman–Crippen MR) is 91.3 cm³/mol. The number of anilines is 2. The van der Waals surface area contributed by atoms with Crippen LogP contribution in [0.3, 0.4) is 0 Å². The lowest BCUT2D eigenvalue weighted by Crippen LogP contribution is -2.17. The Kier molecular flexibility index (Phi) is 5.76. The number of aromatic nitrogens is 2. The molecule has 0 radical (unpaired) electrons. The van der Waals surface area contributed by atoms with Gasteiger partial charge in [0.15, 0.2) is 0 Å². The van der Waals surface area contributed by atoms with E-state index >= 15 is 0 Å². The van der Waals surface area contributed by atoms with Gasteiger partial charge in [0.05, 0.1) is 12.8 Å². The fourth-order valence-electron chi connectivity index (χ4n) is 1.83. The van der Waals surface area contributed by atoms with Crippen molar-refractivity contribution in [1.29, 1.82) is 0 Å². The van der Waals surface area contributed by atoms with Crippen molar-refractivity contribution in [2.24, 2.45) is 5.92 Å². The van der Waals surface area contributed by atoms with Gasteiger partial charge in [-0.2, -0.15) is 0 Å². The van der Waals surface area contributed by atoms with Gasteiger partial charge in [-0.3, -0.25) is 4.79 Å². The average molecular weight is 335 g/mol. The lowest BCUT2D eigenvalue weighted by molar-refractivity contribution is 0.102. The highest BCUT2D eigenvalue weighted by Crippen LogP contribution is 2.27. The smallest absolute Gasteiger partial charge is 0.274 e. The van der Waals surface area contributed by atoms with Crippen LogP contribution in [0, 0.1) is 5.92 Å². The number of rotatable bonds is 6. The van der Waals surface area contributed by atoms with Crippen molar-refractivity contribution >= 4 is 29.1 Å². The molecule has 1 aromatic carbocycles. The highest BCUT2D eigenvalue weighted by atomic mass is 35.5. The van der Waals surface area contributed by atoms with E-state index in [1.807, 2.05) is 0 Å². The monoisotopic (exact) mass is 334 g/mol. The average Bonchev–Trinajstić information content (AvgIpc) is 2.53. The molecule has 6 nitrogen and oxygen atoms in total. The molecule has 0 fully saturated rings. The van der Waals surface area contributed by atoms with Crippen molar-refractivity contribution in [3.63, 3.8) is 0 Å². The Morgan fingerprint density at radius 2 is 2.13 bits per heavy atom. The number of amides is 1. The summed E-state index contributed by atoms with van der Waals surface area (Å²) in [5.74, 6) is 1.03. The standard InChI is InChI=1S/C16H19ClN4O2/c1-10(2)9-19-16-18-7-6-12(21-16)15(22)20-13-8-11(17)4-5-14(13)23-3/h4-8,10H,9H2,1-3H3,(H,20,22)(H,18,19,21). The van der Waals surface area contributed by atoms with Gasteiger partial charge in [-0.15, -0.1) is 0 Å². The van der Waals surface area contributed by atoms with E-state index < -0.39 is 0 Å². The summed E-state index contributed by atoms with van der Waals surface area (Å²) in [6.45, 7) is 4.89. The number of nitrogens with zero attached hydrogens (tertiary/aromatic N) is 2. The number of hydrogen-bond acceptors (Lipinski definition) is 5. The lowest BCUT2D eigenvalue weighted by atomic mass is 10.2. The largest absolute Gasteiger partial charge is 0.495 e. The molecule has 0 aliphatic heterocycles. The fourth-order valence-corrected chi connectivity index (χ4v) is 2.00. The van der Waals surface area contributed by atoms with Crippen LogP contribution in [0.15, 0.2) is 30.5 Å². The summed E-state index contributed by atoms with van der Waals surface area (Å²) in [7, 11) is 1.53. The van der Waals surface area contributed by atoms with Crippen LogP contribution in [0.5, 0.6) is 5.75 Å². The number of methoxy groups -OCH3 is 1. The Bertz CT molecular complexity index is 692. The number of hydrogen-bond donors (Lipinski definition) is 2. The summed E-state index contributed by atoms with van der Waals surface area (Å²) in [5.41, 5.74) is 0.744. The van der Waals surface area contributed by atoms with Crippen LogP contribution in [-0.2, 0) is 0 Å². The van der Waals surface area contributed by atoms with Gasteiger partial charge in [0.2, 0.25) is 5.95 Å². The molecule has 0 unspecified atom stereocenters. The fraction of sp³-hybridized carbons (Fsp3) is 0.312. The van der Waals surface area contributed by atoms with Crippen LogP contribution in [-0.4, -0.2) is 29.5 Å². The van der Waals surface area contributed by atoms with E-state index in [2.05, 4.69) is 34.4 Å². The molecule has 1 amide bonds. The van der Waals surface area contributed by atoms with Crippen molar-refractivity contribution in [3.05, 3.63) is 41.2 Å². The molecule has 0 saturated carbocycles. The highest BCUT2D eigenvalue weighted by molar-refractivity contribution is 6.31. The second kappa shape index (κ2) is 7.78. The first-order valence-corrected chi connectivity index (χ1v) is 7.59. The van der Waals surface area contributed by atoms with Gasteiger partial charge < -0.3 is 15.4 Å². The maximum Gasteiger partial charge on any atom is 0.274 e. The maximum absolute atomic E-state index is 12.4. The zero-order valence-electron chi connectivity index (χ0n) is 13.3. The van der Waals surface area contributed by atoms with Gasteiger partial charge in [0.25, 0.3) is 5.91 Å². The van der Waals surface area contributed by atoms with E-state index in [4.69, 9.17) is 16.3 Å². The number of ether oxygens (including phenoxy) is 1. The number of carbonyl (C=O) groups is 1. The molecule has 2 aromatic rings. The van der Waals surface area contributed by atoms with Crippen molar-refractivity contribution in [1.82, 2.24) is 9.97 Å². The number of benzene rings is 1. The SMILES string of the molecule is COc1ccc(Cl)cc1NC(=O)c1ccnc(NCC(C)C)n1. The second-order valence-corrected chi connectivity index (χ2v) is 5.78. The van der Waals surface area contributed by atoms with Crippen molar-refractivity contribution < 1.29 is 9.53 Å². The molecule has 0 spiro atoms. The van der Waals surface area contributed by atoms with E-state index in [0.29, 0.717) is 28.3 Å². The number of halogens is 1. The predicted octanol–water partition coefficient (Wildman–Crippen LogP) is 3.46. The van der Waals surface area contributed by atoms with Gasteiger partial charge in [-0.05, 0) is 30.2 Å². The van der Waals surface area contributed by atoms with Gasteiger partial charge >= 0.3 is 0 Å². The zero-order valence-corrected chi connectivity index (χ0v) is 14.0. The Morgan fingerprint density at radius 3 is 2.83 bits per heavy atom. The molecule has 1 aromatic heterocycles. The molecule has 2 rings (SSSR count). The summed E-state index contributed by atoms with van der Waals surface area (Å²) in [5, 5.41) is 6.33. The summed E-state index contributed by atoms with van der Waals surface area (Å²) in [6.07, 6.45) is 1.54. The van der Waals surface area contributed by atoms with E-state index in [-0.39, 0.29) is 11.6 Å². The van der Waals surface area contributed by atoms with Gasteiger partial charge in [0, 0.05) is 17.8 Å². The number of nitrogens with one attached hydrogen (secondary N) is 2. The third-order valence-electron chi connectivity index (χ3n) is 2.97. The van der Waals surface area contributed by atoms with Crippen LogP contribution < -0.4 is 15.4 Å². The minimum atomic E-state index is -0.361. The molecular weight excluding hydrogens is 316 g/mol. The Hall–Kier alpha value is -2.34. The first kappa shape index (κ1) is 17.0. The van der Waals surface area contributed by atoms with E-state index in [1.54, 1.807) is 30.5 Å². The molecule has 122 valence electrons. The molecule has 0 saturated heterocycles. The first-order chi connectivity index (χ1) is 11.0. The quantitative estimate of drug-likeness (QED) is 0.846. The van der Waals surface area contributed by atoms with Crippen LogP contribution in [0.1, 0.15) is 24.3 Å².